The molecule has 1 aromatic rings. The topological polar surface area (TPSA) is 41.6 Å². The standard InChI is InChI=1S/C15H22N2O2/c1-17(13-9-10-16-12-13)15(18)8-5-11-19-14-6-3-2-4-7-14/h2-4,6-7,13,16H,5,8-12H2,1H3. The van der Waals surface area contributed by atoms with Gasteiger partial charge in [-0.2, -0.15) is 0 Å². The van der Waals surface area contributed by atoms with Gasteiger partial charge in [0.25, 0.3) is 0 Å². The highest BCUT2D eigenvalue weighted by atomic mass is 16.5. The number of amides is 1. The zero-order chi connectivity index (χ0) is 13.5. The number of carbonyl (C=O) groups excluding carboxylic acids is 1. The van der Waals surface area contributed by atoms with Gasteiger partial charge in [0.2, 0.25) is 5.91 Å². The van der Waals surface area contributed by atoms with Gasteiger partial charge in [-0.3, -0.25) is 4.79 Å². The Morgan fingerprint density at radius 3 is 2.89 bits per heavy atom. The molecule has 19 heavy (non-hydrogen) atoms. The molecular formula is C15H22N2O2. The van der Waals surface area contributed by atoms with E-state index in [2.05, 4.69) is 5.32 Å². The Labute approximate surface area is 114 Å². The molecule has 1 fully saturated rings. The first kappa shape index (κ1) is 13.9. The van der Waals surface area contributed by atoms with Crippen molar-refractivity contribution in [1.29, 1.82) is 0 Å². The van der Waals surface area contributed by atoms with E-state index in [4.69, 9.17) is 4.74 Å². The quantitative estimate of drug-likeness (QED) is 0.793. The molecule has 0 aliphatic carbocycles. The Morgan fingerprint density at radius 2 is 2.21 bits per heavy atom. The second-order valence-electron chi connectivity index (χ2n) is 4.92. The van der Waals surface area contributed by atoms with Crippen LogP contribution >= 0.6 is 0 Å². The summed E-state index contributed by atoms with van der Waals surface area (Å²) in [5, 5.41) is 3.28. The van der Waals surface area contributed by atoms with Crippen LogP contribution in [0.4, 0.5) is 0 Å². The van der Waals surface area contributed by atoms with Crippen LogP contribution in [-0.2, 0) is 4.79 Å². The van der Waals surface area contributed by atoms with Crippen molar-refractivity contribution in [1.82, 2.24) is 10.2 Å². The van der Waals surface area contributed by atoms with Gasteiger partial charge in [-0.1, -0.05) is 18.2 Å². The Morgan fingerprint density at radius 1 is 1.42 bits per heavy atom. The molecule has 104 valence electrons. The number of hydrogen-bond donors (Lipinski definition) is 1. The lowest BCUT2D eigenvalue weighted by atomic mass is 10.2. The van der Waals surface area contributed by atoms with Gasteiger partial charge < -0.3 is 15.0 Å². The number of nitrogens with one attached hydrogen (secondary N) is 1. The van der Waals surface area contributed by atoms with Gasteiger partial charge >= 0.3 is 0 Å². The zero-order valence-electron chi connectivity index (χ0n) is 11.5. The van der Waals surface area contributed by atoms with Crippen LogP contribution in [0.5, 0.6) is 5.75 Å². The number of hydrogen-bond acceptors (Lipinski definition) is 3. The van der Waals surface area contributed by atoms with E-state index in [-0.39, 0.29) is 5.91 Å². The smallest absolute Gasteiger partial charge is 0.222 e. The molecule has 1 heterocycles. The fourth-order valence-electron chi connectivity index (χ4n) is 2.28. The largest absolute Gasteiger partial charge is 0.494 e. The lowest BCUT2D eigenvalue weighted by Crippen LogP contribution is -2.38. The Hall–Kier alpha value is -1.55. The molecule has 1 atom stereocenters. The van der Waals surface area contributed by atoms with E-state index in [0.717, 1.165) is 31.7 Å². The summed E-state index contributed by atoms with van der Waals surface area (Å²) in [7, 11) is 1.90. The van der Waals surface area contributed by atoms with Crippen LogP contribution in [0.3, 0.4) is 0 Å². The molecule has 1 aliphatic heterocycles. The number of carbonyl (C=O) groups is 1. The summed E-state index contributed by atoms with van der Waals surface area (Å²) in [6, 6.07) is 10.1. The summed E-state index contributed by atoms with van der Waals surface area (Å²) in [6.45, 7) is 2.52. The van der Waals surface area contributed by atoms with Gasteiger partial charge in [-0.15, -0.1) is 0 Å². The normalized spacial score (nSPS) is 18.3. The molecule has 1 saturated heterocycles. The van der Waals surface area contributed by atoms with Crippen LogP contribution in [-0.4, -0.2) is 43.6 Å². The van der Waals surface area contributed by atoms with Crippen molar-refractivity contribution in [2.24, 2.45) is 0 Å². The van der Waals surface area contributed by atoms with E-state index in [0.29, 0.717) is 19.1 Å². The zero-order valence-corrected chi connectivity index (χ0v) is 11.5. The van der Waals surface area contributed by atoms with E-state index in [1.54, 1.807) is 0 Å². The minimum Gasteiger partial charge on any atom is -0.494 e. The van der Waals surface area contributed by atoms with Crippen LogP contribution in [0.25, 0.3) is 0 Å². The predicted octanol–water partition coefficient (Wildman–Crippen LogP) is 1.67. The minimum atomic E-state index is 0.213. The number of para-hydroxylation sites is 1. The minimum absolute atomic E-state index is 0.213. The van der Waals surface area contributed by atoms with Crippen molar-refractivity contribution in [3.63, 3.8) is 0 Å². The first-order valence-electron chi connectivity index (χ1n) is 6.91. The summed E-state index contributed by atoms with van der Waals surface area (Å²) in [6.07, 6.45) is 2.38. The molecule has 0 saturated carbocycles. The van der Waals surface area contributed by atoms with Gasteiger partial charge in [-0.25, -0.2) is 0 Å². The molecule has 1 N–H and O–H groups in total. The van der Waals surface area contributed by atoms with E-state index in [9.17, 15) is 4.79 Å². The molecule has 2 rings (SSSR count). The third-order valence-corrected chi connectivity index (χ3v) is 3.52. The molecule has 0 aromatic heterocycles. The lowest BCUT2D eigenvalue weighted by molar-refractivity contribution is -0.131. The highest BCUT2D eigenvalue weighted by Gasteiger charge is 2.22. The van der Waals surface area contributed by atoms with Gasteiger partial charge in [0.1, 0.15) is 5.75 Å². The second kappa shape index (κ2) is 7.14. The highest BCUT2D eigenvalue weighted by Crippen LogP contribution is 2.11. The van der Waals surface area contributed by atoms with Gasteiger partial charge in [0.15, 0.2) is 0 Å². The maximum atomic E-state index is 12.0. The van der Waals surface area contributed by atoms with E-state index >= 15 is 0 Å². The highest BCUT2D eigenvalue weighted by molar-refractivity contribution is 5.76. The van der Waals surface area contributed by atoms with Crippen molar-refractivity contribution in [3.05, 3.63) is 30.3 Å². The molecule has 0 spiro atoms. The van der Waals surface area contributed by atoms with E-state index in [1.807, 2.05) is 42.3 Å². The van der Waals surface area contributed by atoms with Crippen molar-refractivity contribution in [2.75, 3.05) is 26.7 Å². The molecule has 0 radical (unpaired) electrons. The van der Waals surface area contributed by atoms with Crippen LogP contribution in [0.15, 0.2) is 30.3 Å². The maximum absolute atomic E-state index is 12.0. The fourth-order valence-corrected chi connectivity index (χ4v) is 2.28. The lowest BCUT2D eigenvalue weighted by Gasteiger charge is -2.23. The summed E-state index contributed by atoms with van der Waals surface area (Å²) in [5.41, 5.74) is 0. The third kappa shape index (κ3) is 4.24. The number of benzene rings is 1. The first-order chi connectivity index (χ1) is 9.27. The molecule has 1 aromatic carbocycles. The number of rotatable bonds is 6. The molecule has 1 unspecified atom stereocenters. The van der Waals surface area contributed by atoms with Crippen molar-refractivity contribution in [2.45, 2.75) is 25.3 Å². The van der Waals surface area contributed by atoms with Gasteiger partial charge in [0, 0.05) is 26.1 Å². The molecule has 1 amide bonds. The van der Waals surface area contributed by atoms with Crippen LogP contribution in [0.1, 0.15) is 19.3 Å². The molecule has 4 heteroatoms. The van der Waals surface area contributed by atoms with E-state index in [1.165, 1.54) is 0 Å². The van der Waals surface area contributed by atoms with Crippen LogP contribution in [0.2, 0.25) is 0 Å². The first-order valence-corrected chi connectivity index (χ1v) is 6.91. The number of ether oxygens (including phenoxy) is 1. The summed E-state index contributed by atoms with van der Waals surface area (Å²) < 4.78 is 5.58. The second-order valence-corrected chi connectivity index (χ2v) is 4.92. The Kier molecular flexibility index (Phi) is 5.21. The summed E-state index contributed by atoms with van der Waals surface area (Å²) >= 11 is 0. The van der Waals surface area contributed by atoms with Crippen molar-refractivity contribution >= 4 is 5.91 Å². The average molecular weight is 262 g/mol. The Bertz CT molecular complexity index is 388. The molecule has 4 nitrogen and oxygen atoms in total. The van der Waals surface area contributed by atoms with Crippen molar-refractivity contribution < 1.29 is 9.53 Å². The summed E-state index contributed by atoms with van der Waals surface area (Å²) in [4.78, 5) is 13.9. The van der Waals surface area contributed by atoms with Gasteiger partial charge in [0.05, 0.1) is 6.61 Å². The SMILES string of the molecule is CN(C(=O)CCCOc1ccccc1)C1CCNC1. The van der Waals surface area contributed by atoms with E-state index < -0.39 is 0 Å². The van der Waals surface area contributed by atoms with Crippen LogP contribution in [0, 0.1) is 0 Å². The fraction of sp³-hybridized carbons (Fsp3) is 0.533. The summed E-state index contributed by atoms with van der Waals surface area (Å²) in [5.74, 6) is 1.08. The number of likely N-dealkylation sites (N-methyl/N-ethyl adjacent to an activating group) is 1. The number of nitrogens with zero attached hydrogens (tertiary/aromatic N) is 1. The predicted molar refractivity (Wildman–Crippen MR) is 75.2 cm³/mol. The Balaban J connectivity index is 1.63. The van der Waals surface area contributed by atoms with Crippen molar-refractivity contribution in [3.8, 4) is 5.75 Å². The third-order valence-electron chi connectivity index (χ3n) is 3.52. The molecular weight excluding hydrogens is 240 g/mol. The molecule has 0 bridgehead atoms. The average Bonchev–Trinajstić information content (AvgIpc) is 2.98. The maximum Gasteiger partial charge on any atom is 0.222 e. The van der Waals surface area contributed by atoms with Crippen LogP contribution < -0.4 is 10.1 Å². The monoisotopic (exact) mass is 262 g/mol. The molecule has 1 aliphatic rings. The van der Waals surface area contributed by atoms with Gasteiger partial charge in [-0.05, 0) is 31.5 Å².